The van der Waals surface area contributed by atoms with Gasteiger partial charge in [-0.2, -0.15) is 0 Å². The van der Waals surface area contributed by atoms with Crippen LogP contribution in [-0.2, 0) is 25.7 Å². The fourth-order valence-electron chi connectivity index (χ4n) is 10.1. The molecule has 6 aromatic heterocycles. The summed E-state index contributed by atoms with van der Waals surface area (Å²) >= 11 is 0. The summed E-state index contributed by atoms with van der Waals surface area (Å²) in [5.74, 6) is 0. The third-order valence-corrected chi connectivity index (χ3v) is 13.5. The molecule has 0 aliphatic rings. The standard InChI is InChI=1S/C62H43N5O/c1-3-13-44(14-4-1)54-29-27-40(37-63-54)23-25-42-31-43(26-24-41-28-30-55(64-38-41)45-15-5-2-6-16-45)33-46(32-42)48-17-7-8-18-49(48)47-34-53-61(65-39-47)51-20-9-11-21-57(51)67-58-36-60-52(35-56(58)66-62(53)67)50-19-10-12-22-59(50)68-60/h1-22,27-39H,23-26H2. The van der Waals surface area contributed by atoms with Gasteiger partial charge in [0.25, 0.3) is 0 Å². The van der Waals surface area contributed by atoms with Crippen molar-refractivity contribution in [3.63, 3.8) is 0 Å². The molecule has 0 bridgehead atoms. The average molecular weight is 874 g/mol. The maximum absolute atomic E-state index is 6.38. The second-order valence-corrected chi connectivity index (χ2v) is 17.8. The third-order valence-electron chi connectivity index (χ3n) is 13.5. The fourth-order valence-corrected chi connectivity index (χ4v) is 10.1. The highest BCUT2D eigenvalue weighted by molar-refractivity contribution is 6.15. The minimum absolute atomic E-state index is 0.849. The Hall–Kier alpha value is -8.74. The molecule has 0 unspecified atom stereocenters. The highest BCUT2D eigenvalue weighted by atomic mass is 16.3. The Labute approximate surface area is 392 Å². The van der Waals surface area contributed by atoms with E-state index in [1.54, 1.807) is 0 Å². The van der Waals surface area contributed by atoms with E-state index < -0.39 is 0 Å². The summed E-state index contributed by atoms with van der Waals surface area (Å²) < 4.78 is 8.66. The van der Waals surface area contributed by atoms with Gasteiger partial charge in [-0.1, -0.05) is 152 Å². The van der Waals surface area contributed by atoms with Crippen molar-refractivity contribution in [2.75, 3.05) is 0 Å². The van der Waals surface area contributed by atoms with Gasteiger partial charge in [-0.25, -0.2) is 4.98 Å². The number of furan rings is 1. The maximum Gasteiger partial charge on any atom is 0.147 e. The SMILES string of the molecule is c1ccc(-c2ccc(CCc3cc(CCc4ccc(-c5ccccc5)nc4)cc(-c4ccccc4-c4cnc5c6ccccc6n6c7cc8oc9ccccc9c8cc7nc6c5c4)c3)cn2)cc1. The number of nitrogens with zero attached hydrogens (tertiary/aromatic N) is 5. The van der Waals surface area contributed by atoms with Crippen LogP contribution in [0.2, 0.25) is 0 Å². The zero-order valence-corrected chi connectivity index (χ0v) is 37.2. The summed E-state index contributed by atoms with van der Waals surface area (Å²) in [6, 6.07) is 68.7. The molecular weight excluding hydrogens is 831 g/mol. The number of para-hydroxylation sites is 2. The van der Waals surface area contributed by atoms with Gasteiger partial charge in [-0.15, -0.1) is 0 Å². The normalized spacial score (nSPS) is 11.8. The molecule has 6 heteroatoms. The van der Waals surface area contributed by atoms with Gasteiger partial charge >= 0.3 is 0 Å². The van der Waals surface area contributed by atoms with Crippen molar-refractivity contribution >= 4 is 60.4 Å². The number of pyridine rings is 4. The first-order chi connectivity index (χ1) is 33.7. The van der Waals surface area contributed by atoms with Gasteiger partial charge in [0.15, 0.2) is 0 Å². The Morgan fingerprint density at radius 1 is 0.368 bits per heavy atom. The lowest BCUT2D eigenvalue weighted by atomic mass is 9.90. The molecule has 0 saturated carbocycles. The lowest BCUT2D eigenvalue weighted by Gasteiger charge is -2.15. The zero-order valence-electron chi connectivity index (χ0n) is 37.2. The third kappa shape index (κ3) is 7.15. The fraction of sp³-hybridized carbons (Fsp3) is 0.0645. The first kappa shape index (κ1) is 39.6. The molecule has 13 aromatic rings. The van der Waals surface area contributed by atoms with Gasteiger partial charge in [0.2, 0.25) is 0 Å². The van der Waals surface area contributed by atoms with Crippen molar-refractivity contribution in [1.82, 2.24) is 24.3 Å². The summed E-state index contributed by atoms with van der Waals surface area (Å²) in [6.07, 6.45) is 9.65. The van der Waals surface area contributed by atoms with Crippen LogP contribution in [0.1, 0.15) is 22.3 Å². The number of imidazole rings is 1. The summed E-state index contributed by atoms with van der Waals surface area (Å²) in [4.78, 5) is 20.3. The Bertz CT molecular complexity index is 3900. The Balaban J connectivity index is 0.894. The quantitative estimate of drug-likeness (QED) is 0.128. The van der Waals surface area contributed by atoms with E-state index in [0.717, 1.165) is 125 Å². The van der Waals surface area contributed by atoms with Gasteiger partial charge in [-0.3, -0.25) is 19.4 Å². The number of aromatic nitrogens is 5. The molecule has 7 aromatic carbocycles. The molecule has 0 radical (unpaired) electrons. The van der Waals surface area contributed by atoms with Crippen molar-refractivity contribution in [2.45, 2.75) is 25.7 Å². The lowest BCUT2D eigenvalue weighted by Crippen LogP contribution is -1.99. The number of hydrogen-bond donors (Lipinski definition) is 0. The summed E-state index contributed by atoms with van der Waals surface area (Å²) in [6.45, 7) is 0. The van der Waals surface area contributed by atoms with Crippen LogP contribution in [0.5, 0.6) is 0 Å². The first-order valence-corrected chi connectivity index (χ1v) is 23.3. The van der Waals surface area contributed by atoms with Crippen LogP contribution < -0.4 is 0 Å². The van der Waals surface area contributed by atoms with E-state index in [0.29, 0.717) is 0 Å². The number of benzene rings is 7. The highest BCUT2D eigenvalue weighted by Gasteiger charge is 2.19. The molecule has 0 amide bonds. The van der Waals surface area contributed by atoms with Gasteiger partial charge in [0, 0.05) is 62.9 Å². The number of aryl methyl sites for hydroxylation is 4. The monoisotopic (exact) mass is 873 g/mol. The average Bonchev–Trinajstić information content (AvgIpc) is 3.97. The molecule has 6 nitrogen and oxygen atoms in total. The van der Waals surface area contributed by atoms with E-state index >= 15 is 0 Å². The van der Waals surface area contributed by atoms with Crippen molar-refractivity contribution in [3.05, 3.63) is 235 Å². The second kappa shape index (κ2) is 16.6. The van der Waals surface area contributed by atoms with Crippen LogP contribution in [0.15, 0.2) is 217 Å². The molecule has 0 aliphatic carbocycles. The smallest absolute Gasteiger partial charge is 0.147 e. The van der Waals surface area contributed by atoms with Crippen LogP contribution in [0, 0.1) is 0 Å². The van der Waals surface area contributed by atoms with Crippen molar-refractivity contribution in [1.29, 1.82) is 0 Å². The minimum Gasteiger partial charge on any atom is -0.456 e. The van der Waals surface area contributed by atoms with E-state index in [1.807, 2.05) is 42.9 Å². The summed E-state index contributed by atoms with van der Waals surface area (Å²) in [5.41, 5.74) is 20.3. The number of rotatable bonds is 10. The highest BCUT2D eigenvalue weighted by Crippen LogP contribution is 2.39. The van der Waals surface area contributed by atoms with E-state index in [1.165, 1.54) is 27.8 Å². The summed E-state index contributed by atoms with van der Waals surface area (Å²) in [5, 5.41) is 4.23. The molecule has 322 valence electrons. The second-order valence-electron chi connectivity index (χ2n) is 17.8. The molecule has 0 N–H and O–H groups in total. The number of hydrogen-bond acceptors (Lipinski definition) is 5. The molecular formula is C62H43N5O. The molecule has 68 heavy (non-hydrogen) atoms. The van der Waals surface area contributed by atoms with Gasteiger partial charge in [0.1, 0.15) is 16.8 Å². The maximum atomic E-state index is 6.38. The van der Waals surface area contributed by atoms with Gasteiger partial charge in [-0.05, 0) is 101 Å². The Morgan fingerprint density at radius 3 is 1.62 bits per heavy atom. The topological polar surface area (TPSA) is 69.1 Å². The van der Waals surface area contributed by atoms with Crippen LogP contribution in [0.3, 0.4) is 0 Å². The van der Waals surface area contributed by atoms with E-state index in [4.69, 9.17) is 24.4 Å². The van der Waals surface area contributed by atoms with E-state index in [-0.39, 0.29) is 0 Å². The Kier molecular flexibility index (Phi) is 9.67. The van der Waals surface area contributed by atoms with Crippen LogP contribution in [0.4, 0.5) is 0 Å². The molecule has 0 saturated heterocycles. The largest absolute Gasteiger partial charge is 0.456 e. The lowest BCUT2D eigenvalue weighted by molar-refractivity contribution is 0.669. The zero-order chi connectivity index (χ0) is 45.0. The predicted molar refractivity (Wildman–Crippen MR) is 278 cm³/mol. The number of fused-ring (bicyclic) bond motifs is 11. The van der Waals surface area contributed by atoms with Crippen molar-refractivity contribution in [2.24, 2.45) is 0 Å². The molecule has 0 spiro atoms. The van der Waals surface area contributed by atoms with Crippen molar-refractivity contribution < 1.29 is 4.42 Å². The van der Waals surface area contributed by atoms with Gasteiger partial charge in [0.05, 0.1) is 33.5 Å². The van der Waals surface area contributed by atoms with Gasteiger partial charge < -0.3 is 4.42 Å². The summed E-state index contributed by atoms with van der Waals surface area (Å²) in [7, 11) is 0. The van der Waals surface area contributed by atoms with E-state index in [2.05, 4.69) is 174 Å². The molecule has 6 heterocycles. The van der Waals surface area contributed by atoms with Crippen LogP contribution >= 0.6 is 0 Å². The molecule has 0 aliphatic heterocycles. The molecule has 13 rings (SSSR count). The predicted octanol–water partition coefficient (Wildman–Crippen LogP) is 15.1. The minimum atomic E-state index is 0.849. The molecule has 0 atom stereocenters. The van der Waals surface area contributed by atoms with Crippen LogP contribution in [0.25, 0.3) is 105 Å². The molecule has 0 fully saturated rings. The van der Waals surface area contributed by atoms with Crippen molar-refractivity contribution in [3.8, 4) is 44.8 Å². The first-order valence-electron chi connectivity index (χ1n) is 23.3. The van der Waals surface area contributed by atoms with E-state index in [9.17, 15) is 0 Å². The Morgan fingerprint density at radius 2 is 0.956 bits per heavy atom. The van der Waals surface area contributed by atoms with Crippen LogP contribution in [-0.4, -0.2) is 24.3 Å².